The lowest BCUT2D eigenvalue weighted by atomic mass is 9.72. The highest BCUT2D eigenvalue weighted by atomic mass is 14.8. The number of rotatable bonds is 14. The topological polar surface area (TPSA) is 12.0 Å². The summed E-state index contributed by atoms with van der Waals surface area (Å²) in [7, 11) is 0. The fourth-order valence-corrected chi connectivity index (χ4v) is 10.8. The highest BCUT2D eigenvalue weighted by molar-refractivity contribution is 5.87. The molecule has 6 aromatic carbocycles. The molecule has 1 nitrogen and oxygen atoms in total. The van der Waals surface area contributed by atoms with Crippen LogP contribution in [0, 0.1) is 17.3 Å². The average Bonchev–Trinajstić information content (AvgIpc) is 3.57. The number of allylic oxidation sites excluding steroid dienone is 19. The van der Waals surface area contributed by atoms with Crippen molar-refractivity contribution in [1.82, 2.24) is 0 Å². The summed E-state index contributed by atoms with van der Waals surface area (Å²) in [6, 6.07) is 56.1. The summed E-state index contributed by atoms with van der Waals surface area (Å²) >= 11 is 0. The molecule has 0 bridgehead atoms. The van der Waals surface area contributed by atoms with Gasteiger partial charge >= 0.3 is 0 Å². The SMILES string of the molecule is C/C=C(\C=C/CNc1ccc(-c2ccccc2)cc1)c1ccccc1.C=C/C=C\C=C1/CC(c2cccc(-c3ccc(-c4ccccc4)cc3)c2/C=C\C(C)/C2=C/C(C)C3=CCCC=C3C(C)(C)CCC2)=CC=C1C.CC.CC. The maximum Gasteiger partial charge on any atom is 0.0343 e. The van der Waals surface area contributed by atoms with Crippen LogP contribution < -0.4 is 5.32 Å². The minimum absolute atomic E-state index is 0.224. The first-order chi connectivity index (χ1) is 38.6. The zero-order valence-corrected chi connectivity index (χ0v) is 49.4. The molecule has 0 aliphatic heterocycles. The number of fused-ring (bicyclic) bond motifs is 1. The number of hydrogen-bond acceptors (Lipinski definition) is 1. The van der Waals surface area contributed by atoms with Gasteiger partial charge in [-0.1, -0.05) is 298 Å². The summed E-state index contributed by atoms with van der Waals surface area (Å²) in [5, 5.41) is 3.44. The standard InChI is InChI=1S/C50H54.C24H23N.2C2H6/c1-7-8-10-19-43-35-44(27-25-36(43)2)47-23-15-22-46(41-30-28-40(29-31-41)39-17-11-9-12-18-39)48(47)32-26-37(3)42-20-16-33-50(5,6)49-24-14-13-21-45(49)38(4)34-42;1-2-20(21-10-5-3-6-11-21)14-9-19-25-24-17-15-23(16-18-24)22-12-7-4-8-13-22;2*1-2/h7-12,15,17-19,21-32,34,37-38H,1,13-14,16,20,33,35H2,2-6H3;2-18,25H,19H2,1H3;2*1-2H3/b10-8-,32-26-,42-34+,43-19+;14-9-,20-2+;;. The largest absolute Gasteiger partial charge is 0.382 e. The Bertz CT molecular complexity index is 3170. The van der Waals surface area contributed by atoms with Crippen molar-refractivity contribution < 1.29 is 0 Å². The van der Waals surface area contributed by atoms with E-state index in [9.17, 15) is 0 Å². The van der Waals surface area contributed by atoms with Gasteiger partial charge in [0, 0.05) is 12.2 Å². The van der Waals surface area contributed by atoms with E-state index in [0.717, 1.165) is 31.5 Å². The van der Waals surface area contributed by atoms with Gasteiger partial charge in [0.1, 0.15) is 0 Å². The van der Waals surface area contributed by atoms with Crippen LogP contribution in [0.4, 0.5) is 5.69 Å². The lowest BCUT2D eigenvalue weighted by Gasteiger charge is -2.33. The molecule has 0 heterocycles. The van der Waals surface area contributed by atoms with Gasteiger partial charge < -0.3 is 5.32 Å². The molecule has 3 aliphatic rings. The van der Waals surface area contributed by atoms with Crippen LogP contribution in [0.1, 0.15) is 124 Å². The summed E-state index contributed by atoms with van der Waals surface area (Å²) < 4.78 is 0. The highest BCUT2D eigenvalue weighted by Crippen LogP contribution is 2.45. The summed E-state index contributed by atoms with van der Waals surface area (Å²) in [6.45, 7) is 26.7. The fourth-order valence-electron chi connectivity index (χ4n) is 10.8. The molecule has 406 valence electrons. The Labute approximate surface area is 478 Å². The first-order valence-corrected chi connectivity index (χ1v) is 29.3. The quantitative estimate of drug-likeness (QED) is 0.0847. The van der Waals surface area contributed by atoms with E-state index in [-0.39, 0.29) is 5.41 Å². The van der Waals surface area contributed by atoms with Gasteiger partial charge in [-0.3, -0.25) is 0 Å². The molecule has 0 spiro atoms. The molecular formula is C78H89N. The van der Waals surface area contributed by atoms with Crippen LogP contribution in [-0.4, -0.2) is 6.54 Å². The minimum atomic E-state index is 0.224. The van der Waals surface area contributed by atoms with Crippen LogP contribution in [0.5, 0.6) is 0 Å². The lowest BCUT2D eigenvalue weighted by molar-refractivity contribution is 0.392. The zero-order chi connectivity index (χ0) is 56.4. The molecule has 0 fully saturated rings. The number of benzene rings is 6. The van der Waals surface area contributed by atoms with E-state index in [4.69, 9.17) is 0 Å². The van der Waals surface area contributed by atoms with Crippen molar-refractivity contribution in [1.29, 1.82) is 0 Å². The van der Waals surface area contributed by atoms with Crippen molar-refractivity contribution in [2.24, 2.45) is 17.3 Å². The molecule has 0 amide bonds. The molecule has 2 unspecified atom stereocenters. The Morgan fingerprint density at radius 2 is 1.27 bits per heavy atom. The molecule has 0 radical (unpaired) electrons. The summed E-state index contributed by atoms with van der Waals surface area (Å²) in [5.41, 5.74) is 22.7. The molecule has 79 heavy (non-hydrogen) atoms. The van der Waals surface area contributed by atoms with E-state index < -0.39 is 0 Å². The van der Waals surface area contributed by atoms with E-state index in [1.807, 2.05) is 52.0 Å². The van der Waals surface area contributed by atoms with Crippen molar-refractivity contribution in [3.8, 4) is 33.4 Å². The fraction of sp³-hybridized carbons (Fsp3) is 0.256. The molecule has 3 aliphatic carbocycles. The summed E-state index contributed by atoms with van der Waals surface area (Å²) in [6.07, 6.45) is 38.6. The van der Waals surface area contributed by atoms with Crippen molar-refractivity contribution in [3.05, 3.63) is 288 Å². The molecule has 0 aromatic heterocycles. The van der Waals surface area contributed by atoms with Gasteiger partial charge in [-0.15, -0.1) is 0 Å². The van der Waals surface area contributed by atoms with Crippen LogP contribution in [0.15, 0.2) is 271 Å². The molecule has 1 heteroatoms. The smallest absolute Gasteiger partial charge is 0.0343 e. The predicted octanol–water partition coefficient (Wildman–Crippen LogP) is 23.0. The molecule has 0 saturated heterocycles. The van der Waals surface area contributed by atoms with E-state index in [0.29, 0.717) is 11.8 Å². The third-order valence-corrected chi connectivity index (χ3v) is 15.1. The molecule has 0 saturated carbocycles. The second-order valence-corrected chi connectivity index (χ2v) is 20.8. The molecule has 6 aromatic rings. The zero-order valence-electron chi connectivity index (χ0n) is 49.4. The number of hydrogen-bond donors (Lipinski definition) is 1. The van der Waals surface area contributed by atoms with Crippen molar-refractivity contribution >= 4 is 22.9 Å². The van der Waals surface area contributed by atoms with Crippen molar-refractivity contribution in [2.45, 2.75) is 108 Å². The van der Waals surface area contributed by atoms with Gasteiger partial charge in [0.05, 0.1) is 0 Å². The lowest BCUT2D eigenvalue weighted by Crippen LogP contribution is -2.19. The number of nitrogens with one attached hydrogen (secondary N) is 1. The third kappa shape index (κ3) is 17.1. The van der Waals surface area contributed by atoms with Crippen LogP contribution in [0.2, 0.25) is 0 Å². The van der Waals surface area contributed by atoms with Gasteiger partial charge in [-0.05, 0) is 165 Å². The Hall–Kier alpha value is -7.74. The minimum Gasteiger partial charge on any atom is -0.382 e. The third-order valence-electron chi connectivity index (χ3n) is 15.1. The Balaban J connectivity index is 0.000000291. The normalized spacial score (nSPS) is 17.7. The number of anilines is 1. The van der Waals surface area contributed by atoms with Gasteiger partial charge in [0.25, 0.3) is 0 Å². The monoisotopic (exact) mass is 1040 g/mol. The summed E-state index contributed by atoms with van der Waals surface area (Å²) in [4.78, 5) is 0. The molecule has 2 atom stereocenters. The van der Waals surface area contributed by atoms with Crippen LogP contribution in [-0.2, 0) is 0 Å². The van der Waals surface area contributed by atoms with E-state index >= 15 is 0 Å². The molecule has 1 N–H and O–H groups in total. The van der Waals surface area contributed by atoms with Gasteiger partial charge in [0.15, 0.2) is 0 Å². The van der Waals surface area contributed by atoms with Crippen molar-refractivity contribution in [3.63, 3.8) is 0 Å². The summed E-state index contributed by atoms with van der Waals surface area (Å²) in [5.74, 6) is 0.775. The Morgan fingerprint density at radius 1 is 0.684 bits per heavy atom. The maximum absolute atomic E-state index is 3.85. The van der Waals surface area contributed by atoms with Crippen LogP contribution in [0.25, 0.3) is 50.6 Å². The van der Waals surface area contributed by atoms with Crippen molar-refractivity contribution in [2.75, 3.05) is 11.9 Å². The molecule has 9 rings (SSSR count). The molecular weight excluding hydrogens is 951 g/mol. The first kappa shape index (κ1) is 60.5. The van der Waals surface area contributed by atoms with Gasteiger partial charge in [-0.2, -0.15) is 0 Å². The highest BCUT2D eigenvalue weighted by Gasteiger charge is 2.30. The van der Waals surface area contributed by atoms with Crippen LogP contribution >= 0.6 is 0 Å². The first-order valence-electron chi connectivity index (χ1n) is 29.3. The van der Waals surface area contributed by atoms with E-state index in [1.54, 1.807) is 16.7 Å². The van der Waals surface area contributed by atoms with Crippen LogP contribution in [0.3, 0.4) is 0 Å². The second kappa shape index (κ2) is 31.6. The van der Waals surface area contributed by atoms with E-state index in [1.165, 1.54) is 91.6 Å². The Morgan fingerprint density at radius 3 is 1.90 bits per heavy atom. The van der Waals surface area contributed by atoms with Gasteiger partial charge in [-0.25, -0.2) is 0 Å². The predicted molar refractivity (Wildman–Crippen MR) is 352 cm³/mol. The maximum atomic E-state index is 3.85. The average molecular weight is 1040 g/mol. The van der Waals surface area contributed by atoms with Gasteiger partial charge in [0.2, 0.25) is 0 Å². The second-order valence-electron chi connectivity index (χ2n) is 20.8. The van der Waals surface area contributed by atoms with E-state index in [2.05, 4.69) is 272 Å². The Kier molecular flexibility index (Phi) is 24.2.